The maximum Gasteiger partial charge on any atom is 0.213 e. The zero-order valence-electron chi connectivity index (χ0n) is 18.6. The minimum absolute atomic E-state index is 0.610. The SMILES string of the molecule is COCCn1c(CC2CCOCC2)nc2ccc(/C(C=C(C)C)=C/N(C)C=O)cc21. The molecule has 0 radical (unpaired) electrons. The number of hydrogen-bond donors (Lipinski definition) is 0. The number of amides is 1. The first-order valence-electron chi connectivity index (χ1n) is 10.6. The van der Waals surface area contributed by atoms with Crippen LogP contribution in [0.5, 0.6) is 0 Å². The van der Waals surface area contributed by atoms with Crippen molar-refractivity contribution in [2.45, 2.75) is 39.7 Å². The Kier molecular flexibility index (Phi) is 7.82. The van der Waals surface area contributed by atoms with Gasteiger partial charge in [0.1, 0.15) is 5.82 Å². The number of rotatable bonds is 9. The van der Waals surface area contributed by atoms with Gasteiger partial charge in [-0.15, -0.1) is 0 Å². The van der Waals surface area contributed by atoms with Crippen LogP contribution in [0.15, 0.2) is 36.0 Å². The maximum absolute atomic E-state index is 11.2. The molecule has 3 rings (SSSR count). The van der Waals surface area contributed by atoms with Crippen molar-refractivity contribution in [3.05, 3.63) is 47.4 Å². The van der Waals surface area contributed by atoms with E-state index in [1.54, 1.807) is 14.2 Å². The van der Waals surface area contributed by atoms with E-state index in [1.807, 2.05) is 6.20 Å². The third-order valence-electron chi connectivity index (χ3n) is 5.44. The summed E-state index contributed by atoms with van der Waals surface area (Å²) < 4.78 is 13.2. The van der Waals surface area contributed by atoms with Gasteiger partial charge in [0.25, 0.3) is 0 Å². The number of aromatic nitrogens is 2. The van der Waals surface area contributed by atoms with E-state index in [2.05, 4.69) is 42.7 Å². The summed E-state index contributed by atoms with van der Waals surface area (Å²) in [6.07, 6.45) is 7.90. The van der Waals surface area contributed by atoms with Crippen molar-refractivity contribution in [3.63, 3.8) is 0 Å². The summed E-state index contributed by atoms with van der Waals surface area (Å²) in [7, 11) is 3.48. The molecule has 0 bridgehead atoms. The number of nitrogens with zero attached hydrogens (tertiary/aromatic N) is 3. The Morgan fingerprint density at radius 1 is 1.33 bits per heavy atom. The van der Waals surface area contributed by atoms with Crippen molar-refractivity contribution < 1.29 is 14.3 Å². The molecule has 6 heteroatoms. The highest BCUT2D eigenvalue weighted by atomic mass is 16.5. The Bertz CT molecular complexity index is 919. The number of hydrogen-bond acceptors (Lipinski definition) is 4. The summed E-state index contributed by atoms with van der Waals surface area (Å²) in [6, 6.07) is 6.34. The standard InChI is InChI=1S/C24H33N3O3/c1-18(2)13-21(16-26(3)17-28)20-5-6-22-23(15-20)27(9-12-29-4)24(25-22)14-19-7-10-30-11-8-19/h5-6,13,15-17,19H,7-12,14H2,1-4H3/b21-16+. The summed E-state index contributed by atoms with van der Waals surface area (Å²) in [4.78, 5) is 17.7. The highest BCUT2D eigenvalue weighted by molar-refractivity contribution is 5.84. The van der Waals surface area contributed by atoms with Crippen LogP contribution in [0.3, 0.4) is 0 Å². The molecule has 2 aromatic rings. The second-order valence-electron chi connectivity index (χ2n) is 8.21. The van der Waals surface area contributed by atoms with E-state index in [-0.39, 0.29) is 0 Å². The van der Waals surface area contributed by atoms with Crippen molar-refractivity contribution >= 4 is 23.0 Å². The molecule has 0 saturated carbocycles. The second-order valence-corrected chi connectivity index (χ2v) is 8.21. The van der Waals surface area contributed by atoms with Gasteiger partial charge in [0.05, 0.1) is 17.6 Å². The van der Waals surface area contributed by atoms with Crippen molar-refractivity contribution in [2.75, 3.05) is 34.0 Å². The minimum Gasteiger partial charge on any atom is -0.383 e. The number of fused-ring (bicyclic) bond motifs is 1. The molecule has 1 amide bonds. The fraction of sp³-hybridized carbons (Fsp3) is 0.500. The van der Waals surface area contributed by atoms with Crippen LogP contribution in [0.2, 0.25) is 0 Å². The van der Waals surface area contributed by atoms with Crippen LogP contribution < -0.4 is 0 Å². The number of ether oxygens (including phenoxy) is 2. The molecule has 2 heterocycles. The topological polar surface area (TPSA) is 56.6 Å². The van der Waals surface area contributed by atoms with E-state index in [0.29, 0.717) is 12.5 Å². The van der Waals surface area contributed by atoms with Gasteiger partial charge in [0.2, 0.25) is 6.41 Å². The van der Waals surface area contributed by atoms with Gasteiger partial charge >= 0.3 is 0 Å². The lowest BCUT2D eigenvalue weighted by atomic mass is 9.96. The predicted octanol–water partition coefficient (Wildman–Crippen LogP) is 4.05. The van der Waals surface area contributed by atoms with Crippen LogP contribution in [0.1, 0.15) is 38.1 Å². The van der Waals surface area contributed by atoms with E-state index >= 15 is 0 Å². The molecule has 0 spiro atoms. The first-order chi connectivity index (χ1) is 14.5. The van der Waals surface area contributed by atoms with Gasteiger partial charge in [-0.05, 0) is 55.9 Å². The summed E-state index contributed by atoms with van der Waals surface area (Å²) in [5.74, 6) is 1.72. The number of carbonyl (C=O) groups excluding carboxylic acids is 1. The molecular weight excluding hydrogens is 378 g/mol. The summed E-state index contributed by atoms with van der Waals surface area (Å²) in [6.45, 7) is 7.21. The number of carbonyl (C=O) groups is 1. The number of methoxy groups -OCH3 is 1. The Balaban J connectivity index is 2.03. The molecule has 162 valence electrons. The van der Waals surface area contributed by atoms with Crippen molar-refractivity contribution in [3.8, 4) is 0 Å². The quantitative estimate of drug-likeness (QED) is 0.461. The molecule has 1 saturated heterocycles. The van der Waals surface area contributed by atoms with Gasteiger partial charge in [-0.25, -0.2) is 4.98 Å². The molecule has 1 aliphatic rings. The third-order valence-corrected chi connectivity index (χ3v) is 5.44. The largest absolute Gasteiger partial charge is 0.383 e. The van der Waals surface area contributed by atoms with Gasteiger partial charge in [-0.1, -0.05) is 17.7 Å². The minimum atomic E-state index is 0.610. The van der Waals surface area contributed by atoms with E-state index in [9.17, 15) is 4.79 Å². The highest BCUT2D eigenvalue weighted by Crippen LogP contribution is 2.27. The van der Waals surface area contributed by atoms with E-state index in [0.717, 1.165) is 73.4 Å². The summed E-state index contributed by atoms with van der Waals surface area (Å²) >= 11 is 0. The van der Waals surface area contributed by atoms with E-state index < -0.39 is 0 Å². The van der Waals surface area contributed by atoms with E-state index in [1.165, 1.54) is 10.5 Å². The second kappa shape index (κ2) is 10.5. The predicted molar refractivity (Wildman–Crippen MR) is 120 cm³/mol. The van der Waals surface area contributed by atoms with Gasteiger partial charge in [-0.3, -0.25) is 4.79 Å². The summed E-state index contributed by atoms with van der Waals surface area (Å²) in [5, 5.41) is 0. The molecule has 1 fully saturated rings. The van der Waals surface area contributed by atoms with Gasteiger partial charge < -0.3 is 18.9 Å². The molecular formula is C24H33N3O3. The molecule has 6 nitrogen and oxygen atoms in total. The number of imidazole rings is 1. The first-order valence-corrected chi connectivity index (χ1v) is 10.6. The van der Waals surface area contributed by atoms with Gasteiger partial charge in [0.15, 0.2) is 0 Å². The van der Waals surface area contributed by atoms with Crippen LogP contribution in [-0.4, -0.2) is 54.8 Å². The fourth-order valence-corrected chi connectivity index (χ4v) is 3.90. The smallest absolute Gasteiger partial charge is 0.213 e. The lowest BCUT2D eigenvalue weighted by Crippen LogP contribution is -2.20. The Morgan fingerprint density at radius 2 is 2.10 bits per heavy atom. The molecule has 1 aromatic carbocycles. The Labute approximate surface area is 179 Å². The lowest BCUT2D eigenvalue weighted by molar-refractivity contribution is -0.114. The molecule has 1 aliphatic heterocycles. The molecule has 1 aromatic heterocycles. The van der Waals surface area contributed by atoms with Crippen LogP contribution in [0.25, 0.3) is 16.6 Å². The Morgan fingerprint density at radius 3 is 2.77 bits per heavy atom. The van der Waals surface area contributed by atoms with Crippen molar-refractivity contribution in [1.82, 2.24) is 14.5 Å². The van der Waals surface area contributed by atoms with Gasteiger partial charge in [0, 0.05) is 46.5 Å². The Hall–Kier alpha value is -2.44. The highest BCUT2D eigenvalue weighted by Gasteiger charge is 2.19. The number of benzene rings is 1. The first kappa shape index (κ1) is 22.2. The van der Waals surface area contributed by atoms with E-state index in [4.69, 9.17) is 14.5 Å². The molecule has 0 unspecified atom stereocenters. The maximum atomic E-state index is 11.2. The average molecular weight is 412 g/mol. The normalized spacial score (nSPS) is 15.4. The molecule has 0 N–H and O–H groups in total. The molecule has 30 heavy (non-hydrogen) atoms. The third kappa shape index (κ3) is 5.58. The van der Waals surface area contributed by atoms with Crippen LogP contribution in [0, 0.1) is 5.92 Å². The van der Waals surface area contributed by atoms with Crippen molar-refractivity contribution in [2.24, 2.45) is 5.92 Å². The molecule has 0 aliphatic carbocycles. The molecule has 0 atom stereocenters. The van der Waals surface area contributed by atoms with Crippen molar-refractivity contribution in [1.29, 1.82) is 0 Å². The zero-order chi connectivity index (χ0) is 21.5. The fourth-order valence-electron chi connectivity index (χ4n) is 3.90. The van der Waals surface area contributed by atoms with Gasteiger partial charge in [-0.2, -0.15) is 0 Å². The number of allylic oxidation sites excluding steroid dienone is 3. The zero-order valence-corrected chi connectivity index (χ0v) is 18.6. The van der Waals surface area contributed by atoms with Crippen LogP contribution >= 0.6 is 0 Å². The van der Waals surface area contributed by atoms with Crippen LogP contribution in [-0.2, 0) is 27.2 Å². The average Bonchev–Trinajstić information content (AvgIpc) is 3.08. The monoisotopic (exact) mass is 411 g/mol. The lowest BCUT2D eigenvalue weighted by Gasteiger charge is -2.22. The summed E-state index contributed by atoms with van der Waals surface area (Å²) in [5.41, 5.74) is 5.34. The van der Waals surface area contributed by atoms with Crippen LogP contribution in [0.4, 0.5) is 0 Å².